The number of nitrogens with one attached hydrogen (secondary N) is 1. The van der Waals surface area contributed by atoms with Crippen LogP contribution in [0.2, 0.25) is 10.0 Å². The minimum atomic E-state index is -3.10. The number of benzene rings is 1. The van der Waals surface area contributed by atoms with Gasteiger partial charge in [-0.25, -0.2) is 12.8 Å². The Balaban J connectivity index is 2.37. The largest absolute Gasteiger partial charge is 0.308 e. The fraction of sp³-hybridized carbons (Fsp3) is 0.400. The molecule has 1 saturated heterocycles. The maximum absolute atomic E-state index is 13.3. The molecule has 94 valence electrons. The maximum Gasteiger partial charge on any atom is 0.153 e. The molecule has 1 fully saturated rings. The average molecular weight is 298 g/mol. The number of halogens is 3. The van der Waals surface area contributed by atoms with Crippen LogP contribution in [0.15, 0.2) is 12.1 Å². The fourth-order valence-electron chi connectivity index (χ4n) is 1.79. The highest BCUT2D eigenvalue weighted by atomic mass is 35.5. The van der Waals surface area contributed by atoms with Crippen LogP contribution in [0.25, 0.3) is 0 Å². The van der Waals surface area contributed by atoms with E-state index in [1.54, 1.807) is 0 Å². The summed E-state index contributed by atoms with van der Waals surface area (Å²) in [4.78, 5) is 0. The third-order valence-electron chi connectivity index (χ3n) is 2.64. The highest BCUT2D eigenvalue weighted by molar-refractivity contribution is 7.91. The van der Waals surface area contributed by atoms with E-state index in [0.717, 1.165) is 0 Å². The number of sulfone groups is 1. The normalized spacial score (nSPS) is 23.6. The van der Waals surface area contributed by atoms with Crippen molar-refractivity contribution in [2.24, 2.45) is 0 Å². The summed E-state index contributed by atoms with van der Waals surface area (Å²) >= 11 is 11.5. The zero-order valence-corrected chi connectivity index (χ0v) is 11.0. The molecule has 1 atom stereocenters. The standard InChI is InChI=1S/C10H10Cl2FNO2S/c11-7-4-8(12)9(13)3-6(7)10-5-17(15,16)2-1-14-10/h3-4,10,14H,1-2,5H2. The van der Waals surface area contributed by atoms with Gasteiger partial charge >= 0.3 is 0 Å². The van der Waals surface area contributed by atoms with Gasteiger partial charge in [0, 0.05) is 17.6 Å². The molecule has 0 aromatic heterocycles. The zero-order chi connectivity index (χ0) is 12.6. The van der Waals surface area contributed by atoms with E-state index in [1.165, 1.54) is 12.1 Å². The molecule has 2 rings (SSSR count). The summed E-state index contributed by atoms with van der Waals surface area (Å²) in [5.74, 6) is -0.582. The first-order valence-corrected chi connectivity index (χ1v) is 7.55. The lowest BCUT2D eigenvalue weighted by Crippen LogP contribution is -2.39. The van der Waals surface area contributed by atoms with Crippen LogP contribution in [0.4, 0.5) is 4.39 Å². The predicted octanol–water partition coefficient (Wildman–Crippen LogP) is 2.19. The van der Waals surface area contributed by atoms with Gasteiger partial charge in [0.2, 0.25) is 0 Å². The Labute approximate surface area is 109 Å². The monoisotopic (exact) mass is 297 g/mol. The summed E-state index contributed by atoms with van der Waals surface area (Å²) in [5, 5.41) is 3.20. The van der Waals surface area contributed by atoms with Crippen molar-refractivity contribution in [1.82, 2.24) is 5.32 Å². The number of hydrogen-bond donors (Lipinski definition) is 1. The molecule has 0 bridgehead atoms. The molecule has 17 heavy (non-hydrogen) atoms. The van der Waals surface area contributed by atoms with E-state index in [9.17, 15) is 12.8 Å². The first-order chi connectivity index (χ1) is 7.89. The van der Waals surface area contributed by atoms with Crippen molar-refractivity contribution in [3.63, 3.8) is 0 Å². The van der Waals surface area contributed by atoms with Crippen LogP contribution in [-0.2, 0) is 9.84 Å². The Morgan fingerprint density at radius 1 is 1.29 bits per heavy atom. The van der Waals surface area contributed by atoms with Crippen molar-refractivity contribution in [3.8, 4) is 0 Å². The lowest BCUT2D eigenvalue weighted by atomic mass is 10.1. The molecule has 1 N–H and O–H groups in total. The molecule has 1 heterocycles. The molecule has 1 aliphatic heterocycles. The molecule has 1 unspecified atom stereocenters. The van der Waals surface area contributed by atoms with Gasteiger partial charge in [-0.3, -0.25) is 0 Å². The predicted molar refractivity (Wildman–Crippen MR) is 65.8 cm³/mol. The van der Waals surface area contributed by atoms with Crippen LogP contribution in [-0.4, -0.2) is 26.5 Å². The fourth-order valence-corrected chi connectivity index (χ4v) is 3.71. The second kappa shape index (κ2) is 4.72. The number of rotatable bonds is 1. The molecule has 1 aromatic carbocycles. The second-order valence-corrected chi connectivity index (χ2v) is 6.95. The van der Waals surface area contributed by atoms with E-state index in [4.69, 9.17) is 23.2 Å². The molecule has 0 radical (unpaired) electrons. The van der Waals surface area contributed by atoms with Gasteiger partial charge in [-0.2, -0.15) is 0 Å². The summed E-state index contributed by atoms with van der Waals surface area (Å²) in [6.45, 7) is 0.341. The van der Waals surface area contributed by atoms with Gasteiger partial charge in [0.15, 0.2) is 9.84 Å². The maximum atomic E-state index is 13.3. The van der Waals surface area contributed by atoms with Crippen LogP contribution < -0.4 is 5.32 Å². The Hall–Kier alpha value is -0.360. The van der Waals surface area contributed by atoms with Crippen LogP contribution in [0.3, 0.4) is 0 Å². The molecule has 1 aliphatic rings. The highest BCUT2D eigenvalue weighted by Crippen LogP contribution is 2.30. The summed E-state index contributed by atoms with van der Waals surface area (Å²) in [6.07, 6.45) is 0. The topological polar surface area (TPSA) is 46.2 Å². The van der Waals surface area contributed by atoms with E-state index in [2.05, 4.69) is 5.32 Å². The zero-order valence-electron chi connectivity index (χ0n) is 8.71. The third-order valence-corrected chi connectivity index (χ3v) is 4.92. The molecule has 7 heteroatoms. The average Bonchev–Trinajstić information content (AvgIpc) is 2.22. The molecular formula is C10H10Cl2FNO2S. The quantitative estimate of drug-likeness (QED) is 0.808. The number of hydrogen-bond acceptors (Lipinski definition) is 3. The van der Waals surface area contributed by atoms with Crippen molar-refractivity contribution >= 4 is 33.0 Å². The van der Waals surface area contributed by atoms with E-state index in [0.29, 0.717) is 12.1 Å². The molecule has 1 aromatic rings. The minimum absolute atomic E-state index is 0.0718. The molecule has 0 amide bonds. The SMILES string of the molecule is O=S1(=O)CCNC(c2cc(F)c(Cl)cc2Cl)C1. The van der Waals surface area contributed by atoms with E-state index < -0.39 is 21.7 Å². The van der Waals surface area contributed by atoms with E-state index in [-0.39, 0.29) is 21.6 Å². The van der Waals surface area contributed by atoms with Gasteiger partial charge in [-0.05, 0) is 17.7 Å². The van der Waals surface area contributed by atoms with Gasteiger partial charge in [0.1, 0.15) is 5.82 Å². The molecule has 0 saturated carbocycles. The van der Waals surface area contributed by atoms with Gasteiger partial charge in [0.25, 0.3) is 0 Å². The summed E-state index contributed by atoms with van der Waals surface area (Å²) < 4.78 is 36.3. The minimum Gasteiger partial charge on any atom is -0.308 e. The molecular weight excluding hydrogens is 288 g/mol. The van der Waals surface area contributed by atoms with Crippen molar-refractivity contribution in [2.45, 2.75) is 6.04 Å². The van der Waals surface area contributed by atoms with Crippen LogP contribution in [0.1, 0.15) is 11.6 Å². The van der Waals surface area contributed by atoms with Crippen molar-refractivity contribution in [3.05, 3.63) is 33.6 Å². The van der Waals surface area contributed by atoms with Gasteiger partial charge in [-0.15, -0.1) is 0 Å². The lowest BCUT2D eigenvalue weighted by molar-refractivity contribution is 0.528. The van der Waals surface area contributed by atoms with Gasteiger partial charge in [-0.1, -0.05) is 23.2 Å². The van der Waals surface area contributed by atoms with E-state index >= 15 is 0 Å². The summed E-state index contributed by atoms with van der Waals surface area (Å²) in [5.41, 5.74) is 0.428. The lowest BCUT2D eigenvalue weighted by Gasteiger charge is -2.24. The third kappa shape index (κ3) is 2.91. The molecule has 0 aliphatic carbocycles. The van der Waals surface area contributed by atoms with Gasteiger partial charge in [0.05, 0.1) is 16.5 Å². The van der Waals surface area contributed by atoms with Crippen molar-refractivity contribution in [1.29, 1.82) is 0 Å². The van der Waals surface area contributed by atoms with Crippen LogP contribution >= 0.6 is 23.2 Å². The molecule has 3 nitrogen and oxygen atoms in total. The summed E-state index contributed by atoms with van der Waals surface area (Å²) in [7, 11) is -3.10. The first-order valence-electron chi connectivity index (χ1n) is 4.97. The Morgan fingerprint density at radius 2 is 2.00 bits per heavy atom. The van der Waals surface area contributed by atoms with Crippen LogP contribution in [0.5, 0.6) is 0 Å². The van der Waals surface area contributed by atoms with Crippen molar-refractivity contribution in [2.75, 3.05) is 18.1 Å². The van der Waals surface area contributed by atoms with Gasteiger partial charge < -0.3 is 5.32 Å². The molecule has 0 spiro atoms. The van der Waals surface area contributed by atoms with Crippen molar-refractivity contribution < 1.29 is 12.8 Å². The van der Waals surface area contributed by atoms with Crippen LogP contribution in [0, 0.1) is 5.82 Å². The van der Waals surface area contributed by atoms with E-state index in [1.807, 2.05) is 0 Å². The smallest absolute Gasteiger partial charge is 0.153 e. The Kier molecular flexibility index (Phi) is 3.63. The first kappa shape index (κ1) is 13.1. The Morgan fingerprint density at radius 3 is 2.65 bits per heavy atom. The summed E-state index contributed by atoms with van der Waals surface area (Å²) in [6, 6.07) is 1.99. The highest BCUT2D eigenvalue weighted by Gasteiger charge is 2.27. The Bertz CT molecular complexity index is 547. The second-order valence-electron chi connectivity index (χ2n) is 3.91.